The van der Waals surface area contributed by atoms with Gasteiger partial charge in [0.05, 0.1) is 0 Å². The van der Waals surface area contributed by atoms with Gasteiger partial charge in [-0.25, -0.2) is 0 Å². The second kappa shape index (κ2) is 2.70. The molecule has 0 atom stereocenters. The largest absolute Gasteiger partial charge is 0.508 e. The van der Waals surface area contributed by atoms with Crippen molar-refractivity contribution in [3.05, 3.63) is 24.6 Å². The first kappa shape index (κ1) is 7.72. The molecule has 0 bridgehead atoms. The molecule has 11 heavy (non-hydrogen) atoms. The Bertz CT molecular complexity index is 245. The molecule has 0 heterocycles. The number of rotatable bonds is 1. The van der Waals surface area contributed by atoms with Crippen molar-refractivity contribution in [2.24, 2.45) is 0 Å². The van der Waals surface area contributed by atoms with Crippen molar-refractivity contribution in [2.75, 3.05) is 0 Å². The lowest BCUT2D eigenvalue weighted by Crippen LogP contribution is -1.82. The van der Waals surface area contributed by atoms with E-state index < -0.39 is 0 Å². The highest BCUT2D eigenvalue weighted by atomic mass is 16.3. The lowest BCUT2D eigenvalue weighted by molar-refractivity contribution is 0.421. The van der Waals surface area contributed by atoms with Gasteiger partial charge in [-0.05, 0) is 13.3 Å². The lowest BCUT2D eigenvalue weighted by Gasteiger charge is -2.04. The van der Waals surface area contributed by atoms with Crippen LogP contribution in [0.2, 0.25) is 0 Å². The van der Waals surface area contributed by atoms with Crippen LogP contribution in [0.1, 0.15) is 5.56 Å². The molecule has 0 unspecified atom stereocenters. The average molecular weight is 153 g/mol. The zero-order valence-electron chi connectivity index (χ0n) is 5.91. The summed E-state index contributed by atoms with van der Waals surface area (Å²) in [5, 5.41) is 27.1. The minimum Gasteiger partial charge on any atom is -0.508 e. The summed E-state index contributed by atoms with van der Waals surface area (Å²) in [5.41, 5.74) is 0.350. The molecule has 0 fully saturated rings. The number of benzene rings is 1. The van der Waals surface area contributed by atoms with Crippen molar-refractivity contribution in [2.45, 2.75) is 6.42 Å². The molecule has 1 aromatic carbocycles. The Morgan fingerprint density at radius 3 is 1.91 bits per heavy atom. The van der Waals surface area contributed by atoms with Crippen LogP contribution in [0.3, 0.4) is 0 Å². The molecular weight excluding hydrogens is 144 g/mol. The zero-order valence-corrected chi connectivity index (χ0v) is 5.91. The monoisotopic (exact) mass is 153 g/mol. The van der Waals surface area contributed by atoms with E-state index in [2.05, 4.69) is 6.92 Å². The van der Waals surface area contributed by atoms with Gasteiger partial charge in [0, 0.05) is 17.7 Å². The van der Waals surface area contributed by atoms with Crippen molar-refractivity contribution in [3.8, 4) is 17.2 Å². The van der Waals surface area contributed by atoms with Crippen LogP contribution in [0.4, 0.5) is 0 Å². The van der Waals surface area contributed by atoms with Gasteiger partial charge in [0.25, 0.3) is 0 Å². The number of phenolic OH excluding ortho intramolecular Hbond substituents is 3. The highest BCUT2D eigenvalue weighted by Gasteiger charge is 2.06. The number of phenols is 3. The van der Waals surface area contributed by atoms with Crippen LogP contribution < -0.4 is 0 Å². The van der Waals surface area contributed by atoms with Crippen LogP contribution in [0.25, 0.3) is 0 Å². The van der Waals surface area contributed by atoms with E-state index in [0.29, 0.717) is 5.56 Å². The summed E-state index contributed by atoms with van der Waals surface area (Å²) in [5.74, 6) is -0.410. The van der Waals surface area contributed by atoms with Gasteiger partial charge in [-0.15, -0.1) is 0 Å². The Labute approximate surface area is 64.5 Å². The highest BCUT2D eigenvalue weighted by molar-refractivity contribution is 5.48. The second-order valence-corrected chi connectivity index (χ2v) is 2.21. The molecular formula is C8H9O3. The quantitative estimate of drug-likeness (QED) is 0.567. The maximum Gasteiger partial charge on any atom is 0.126 e. The summed E-state index contributed by atoms with van der Waals surface area (Å²) >= 11 is 0. The van der Waals surface area contributed by atoms with Crippen LogP contribution in [-0.4, -0.2) is 15.3 Å². The summed E-state index contributed by atoms with van der Waals surface area (Å²) < 4.78 is 0. The summed E-state index contributed by atoms with van der Waals surface area (Å²) in [6, 6.07) is 2.33. The topological polar surface area (TPSA) is 60.7 Å². The van der Waals surface area contributed by atoms with Crippen molar-refractivity contribution in [1.82, 2.24) is 0 Å². The van der Waals surface area contributed by atoms with E-state index in [1.54, 1.807) is 0 Å². The third-order valence-corrected chi connectivity index (χ3v) is 1.44. The third kappa shape index (κ3) is 1.37. The van der Waals surface area contributed by atoms with Crippen molar-refractivity contribution in [3.63, 3.8) is 0 Å². The van der Waals surface area contributed by atoms with E-state index in [0.717, 1.165) is 0 Å². The van der Waals surface area contributed by atoms with E-state index in [1.165, 1.54) is 12.1 Å². The standard InChI is InChI=1S/C8H9O3/c1-2-6-7(10)3-5(9)4-8(6)11/h3-4,9-11H,1-2H2. The van der Waals surface area contributed by atoms with Crippen LogP contribution in [0, 0.1) is 6.92 Å². The van der Waals surface area contributed by atoms with E-state index in [1.807, 2.05) is 0 Å². The van der Waals surface area contributed by atoms with Crippen molar-refractivity contribution >= 4 is 0 Å². The van der Waals surface area contributed by atoms with Crippen LogP contribution in [0.15, 0.2) is 12.1 Å². The summed E-state index contributed by atoms with van der Waals surface area (Å²) in [6.07, 6.45) is 0.290. The molecule has 3 N–H and O–H groups in total. The summed E-state index contributed by atoms with van der Waals surface area (Å²) in [4.78, 5) is 0. The Balaban J connectivity index is 3.25. The molecule has 1 aromatic rings. The van der Waals surface area contributed by atoms with E-state index in [-0.39, 0.29) is 23.7 Å². The predicted octanol–water partition coefficient (Wildman–Crippen LogP) is 1.18. The fourth-order valence-electron chi connectivity index (χ4n) is 0.883. The molecule has 0 aliphatic rings. The number of hydrogen-bond donors (Lipinski definition) is 3. The first-order valence-corrected chi connectivity index (χ1v) is 3.18. The van der Waals surface area contributed by atoms with Gasteiger partial charge < -0.3 is 15.3 Å². The number of aromatic hydroxyl groups is 3. The Hall–Kier alpha value is -1.38. The zero-order chi connectivity index (χ0) is 8.43. The molecule has 1 rings (SSSR count). The maximum atomic E-state index is 9.11. The van der Waals surface area contributed by atoms with Gasteiger partial charge in [-0.3, -0.25) is 0 Å². The molecule has 0 saturated heterocycles. The first-order valence-electron chi connectivity index (χ1n) is 3.18. The fourth-order valence-corrected chi connectivity index (χ4v) is 0.883. The average Bonchev–Trinajstić information content (AvgIpc) is 1.85. The van der Waals surface area contributed by atoms with E-state index in [9.17, 15) is 0 Å². The lowest BCUT2D eigenvalue weighted by atomic mass is 10.1. The van der Waals surface area contributed by atoms with Gasteiger partial charge >= 0.3 is 0 Å². The Morgan fingerprint density at radius 2 is 1.55 bits per heavy atom. The molecule has 59 valence electrons. The summed E-state index contributed by atoms with van der Waals surface area (Å²) in [7, 11) is 0. The van der Waals surface area contributed by atoms with Crippen LogP contribution in [-0.2, 0) is 6.42 Å². The van der Waals surface area contributed by atoms with Crippen LogP contribution in [0.5, 0.6) is 17.2 Å². The first-order chi connectivity index (χ1) is 5.15. The number of hydrogen-bond acceptors (Lipinski definition) is 3. The van der Waals surface area contributed by atoms with Gasteiger partial charge in [-0.2, -0.15) is 0 Å². The Kier molecular flexibility index (Phi) is 1.89. The molecule has 0 aliphatic carbocycles. The smallest absolute Gasteiger partial charge is 0.126 e. The predicted molar refractivity (Wildman–Crippen MR) is 40.5 cm³/mol. The van der Waals surface area contributed by atoms with Crippen LogP contribution >= 0.6 is 0 Å². The van der Waals surface area contributed by atoms with Crippen molar-refractivity contribution < 1.29 is 15.3 Å². The van der Waals surface area contributed by atoms with Gasteiger partial charge in [0.15, 0.2) is 0 Å². The molecule has 1 radical (unpaired) electrons. The molecule has 0 aromatic heterocycles. The molecule has 3 nitrogen and oxygen atoms in total. The molecule has 0 amide bonds. The molecule has 0 aliphatic heterocycles. The van der Waals surface area contributed by atoms with E-state index in [4.69, 9.17) is 15.3 Å². The molecule has 0 spiro atoms. The van der Waals surface area contributed by atoms with Crippen molar-refractivity contribution in [1.29, 1.82) is 0 Å². The summed E-state index contributed by atoms with van der Waals surface area (Å²) in [6.45, 7) is 3.51. The second-order valence-electron chi connectivity index (χ2n) is 2.21. The molecule has 0 saturated carbocycles. The van der Waals surface area contributed by atoms with E-state index >= 15 is 0 Å². The normalized spacial score (nSPS) is 9.91. The minimum atomic E-state index is -0.155. The molecule has 3 heteroatoms. The van der Waals surface area contributed by atoms with Gasteiger partial charge in [0.1, 0.15) is 17.2 Å². The van der Waals surface area contributed by atoms with Gasteiger partial charge in [-0.1, -0.05) is 0 Å². The van der Waals surface area contributed by atoms with Gasteiger partial charge in [0.2, 0.25) is 0 Å². The SMILES string of the molecule is [CH2]Cc1c(O)cc(O)cc1O. The Morgan fingerprint density at radius 1 is 1.09 bits per heavy atom. The third-order valence-electron chi connectivity index (χ3n) is 1.44. The maximum absolute atomic E-state index is 9.11. The highest BCUT2D eigenvalue weighted by Crippen LogP contribution is 2.31. The fraction of sp³-hybridized carbons (Fsp3) is 0.125. The minimum absolute atomic E-state index is 0.127.